The van der Waals surface area contributed by atoms with Crippen LogP contribution < -0.4 is 0 Å². The van der Waals surface area contributed by atoms with E-state index in [9.17, 15) is 0 Å². The van der Waals surface area contributed by atoms with Gasteiger partial charge in [0.2, 0.25) is 0 Å². The van der Waals surface area contributed by atoms with Gasteiger partial charge in [0, 0.05) is 6.61 Å². The smallest absolute Gasteiger partial charge is 0.107 e. The Labute approximate surface area is 245 Å². The second kappa shape index (κ2) is 38.2. The van der Waals surface area contributed by atoms with Gasteiger partial charge >= 0.3 is 0 Å². The van der Waals surface area contributed by atoms with E-state index in [1.165, 1.54) is 57.8 Å². The molecule has 0 aromatic carbocycles. The summed E-state index contributed by atoms with van der Waals surface area (Å²) in [6, 6.07) is 0. The van der Waals surface area contributed by atoms with Crippen LogP contribution in [0.1, 0.15) is 71.1 Å². The van der Waals surface area contributed by atoms with Crippen molar-refractivity contribution < 1.29 is 42.6 Å². The molecular weight excluding hydrogens is 516 g/mol. The maximum Gasteiger partial charge on any atom is 0.107 e. The topological polar surface area (TPSA) is 83.1 Å². The molecule has 0 amide bonds. The van der Waals surface area contributed by atoms with Crippen LogP contribution in [-0.2, 0) is 42.6 Å². The van der Waals surface area contributed by atoms with E-state index in [1.54, 1.807) is 0 Å². The van der Waals surface area contributed by atoms with Gasteiger partial charge in [-0.15, -0.1) is 6.42 Å². The summed E-state index contributed by atoms with van der Waals surface area (Å²) < 4.78 is 48.9. The number of hydrogen-bond donors (Lipinski definition) is 0. The molecule has 40 heavy (non-hydrogen) atoms. The van der Waals surface area contributed by atoms with Crippen LogP contribution in [-0.4, -0.2) is 119 Å². The Morgan fingerprint density at radius 1 is 0.325 bits per heavy atom. The number of ether oxygens (including phenoxy) is 9. The van der Waals surface area contributed by atoms with Crippen molar-refractivity contribution in [1.29, 1.82) is 0 Å². The third-order valence-electron chi connectivity index (χ3n) is 5.80. The monoisotopic (exact) mass is 576 g/mol. The van der Waals surface area contributed by atoms with Crippen molar-refractivity contribution in [2.75, 3.05) is 119 Å². The minimum Gasteiger partial charge on any atom is -0.379 e. The third-order valence-corrected chi connectivity index (χ3v) is 5.80. The van der Waals surface area contributed by atoms with Crippen LogP contribution >= 0.6 is 0 Å². The predicted octanol–water partition coefficient (Wildman–Crippen LogP) is 4.69. The van der Waals surface area contributed by atoms with Gasteiger partial charge in [0.1, 0.15) is 6.61 Å². The highest BCUT2D eigenvalue weighted by molar-refractivity contribution is 4.82. The van der Waals surface area contributed by atoms with Crippen LogP contribution in [0, 0.1) is 12.3 Å². The first kappa shape index (κ1) is 39.2. The standard InChI is InChI=1S/C31H60O9/c1-3-5-6-7-8-9-10-11-12-13-15-33-17-19-35-21-23-37-25-27-39-29-31-40-30-28-38-26-24-36-22-20-34-18-16-32-14-4-2/h2H,3,5-31H2,1H3. The first-order valence-electron chi connectivity index (χ1n) is 15.5. The molecule has 238 valence electrons. The zero-order valence-electron chi connectivity index (χ0n) is 25.6. The van der Waals surface area contributed by atoms with E-state index >= 15 is 0 Å². The van der Waals surface area contributed by atoms with E-state index in [0.29, 0.717) is 112 Å². The van der Waals surface area contributed by atoms with Crippen molar-refractivity contribution >= 4 is 0 Å². The summed E-state index contributed by atoms with van der Waals surface area (Å²) in [6.45, 7) is 12.2. The molecule has 0 fully saturated rings. The van der Waals surface area contributed by atoms with Crippen LogP contribution in [0.25, 0.3) is 0 Å². The molecule has 0 rings (SSSR count). The van der Waals surface area contributed by atoms with Crippen LogP contribution in [0.15, 0.2) is 0 Å². The first-order chi connectivity index (χ1) is 19.9. The Hall–Kier alpha value is -0.800. The van der Waals surface area contributed by atoms with Gasteiger partial charge in [-0.25, -0.2) is 0 Å². The van der Waals surface area contributed by atoms with Crippen molar-refractivity contribution in [3.8, 4) is 12.3 Å². The number of unbranched alkanes of at least 4 members (excludes halogenated alkanes) is 9. The summed E-state index contributed by atoms with van der Waals surface area (Å²) in [5.74, 6) is 2.40. The molecule has 9 nitrogen and oxygen atoms in total. The van der Waals surface area contributed by atoms with E-state index < -0.39 is 0 Å². The van der Waals surface area contributed by atoms with Gasteiger partial charge < -0.3 is 42.6 Å². The van der Waals surface area contributed by atoms with Gasteiger partial charge in [-0.2, -0.15) is 0 Å². The largest absolute Gasteiger partial charge is 0.379 e. The molecule has 0 aliphatic rings. The van der Waals surface area contributed by atoms with Crippen LogP contribution in [0.3, 0.4) is 0 Å². The normalized spacial score (nSPS) is 11.3. The lowest BCUT2D eigenvalue weighted by atomic mass is 10.1. The fourth-order valence-electron chi connectivity index (χ4n) is 3.58. The van der Waals surface area contributed by atoms with Gasteiger partial charge in [-0.05, 0) is 6.42 Å². The molecule has 0 aliphatic carbocycles. The highest BCUT2D eigenvalue weighted by Gasteiger charge is 1.96. The molecule has 0 atom stereocenters. The Bertz CT molecular complexity index is 488. The van der Waals surface area contributed by atoms with E-state index in [-0.39, 0.29) is 0 Å². The maximum absolute atomic E-state index is 5.64. The lowest BCUT2D eigenvalue weighted by Crippen LogP contribution is -2.15. The summed E-state index contributed by atoms with van der Waals surface area (Å²) in [7, 11) is 0. The highest BCUT2D eigenvalue weighted by Crippen LogP contribution is 2.10. The van der Waals surface area contributed by atoms with Crippen molar-refractivity contribution in [3.05, 3.63) is 0 Å². The van der Waals surface area contributed by atoms with Crippen molar-refractivity contribution in [2.24, 2.45) is 0 Å². The third kappa shape index (κ3) is 37.2. The van der Waals surface area contributed by atoms with E-state index in [1.807, 2.05) is 0 Å². The molecule has 0 spiro atoms. The zero-order chi connectivity index (χ0) is 28.9. The molecule has 0 heterocycles. The molecule has 0 bridgehead atoms. The number of rotatable bonds is 36. The van der Waals surface area contributed by atoms with Gasteiger partial charge in [0.15, 0.2) is 0 Å². The fourth-order valence-corrected chi connectivity index (χ4v) is 3.58. The fraction of sp³-hybridized carbons (Fsp3) is 0.935. The molecule has 0 aliphatic heterocycles. The SMILES string of the molecule is C#CCOCCOCCOCCOCCOCCOCCOCCOCCOCCCCCCCCCCCC. The lowest BCUT2D eigenvalue weighted by Gasteiger charge is -2.09. The maximum atomic E-state index is 5.64. The Kier molecular flexibility index (Phi) is 37.4. The van der Waals surface area contributed by atoms with Gasteiger partial charge in [-0.1, -0.05) is 70.6 Å². The summed E-state index contributed by atoms with van der Waals surface area (Å²) in [5, 5.41) is 0. The molecule has 0 aromatic heterocycles. The van der Waals surface area contributed by atoms with Crippen molar-refractivity contribution in [3.63, 3.8) is 0 Å². The summed E-state index contributed by atoms with van der Waals surface area (Å²) >= 11 is 0. The average Bonchev–Trinajstić information content (AvgIpc) is 2.97. The first-order valence-corrected chi connectivity index (χ1v) is 15.5. The van der Waals surface area contributed by atoms with Crippen LogP contribution in [0.5, 0.6) is 0 Å². The predicted molar refractivity (Wildman–Crippen MR) is 158 cm³/mol. The summed E-state index contributed by atoms with van der Waals surface area (Å²) in [4.78, 5) is 0. The van der Waals surface area contributed by atoms with E-state index in [4.69, 9.17) is 49.1 Å². The molecule has 0 N–H and O–H groups in total. The molecule has 0 saturated carbocycles. The van der Waals surface area contributed by atoms with Gasteiger partial charge in [0.25, 0.3) is 0 Å². The quantitative estimate of drug-likeness (QED) is 0.0779. The Balaban J connectivity index is 3.02. The Morgan fingerprint density at radius 2 is 0.575 bits per heavy atom. The van der Waals surface area contributed by atoms with Gasteiger partial charge in [-0.3, -0.25) is 0 Å². The van der Waals surface area contributed by atoms with Crippen LogP contribution in [0.4, 0.5) is 0 Å². The second-order valence-corrected chi connectivity index (χ2v) is 9.34. The molecule has 0 unspecified atom stereocenters. The lowest BCUT2D eigenvalue weighted by molar-refractivity contribution is -0.0246. The Morgan fingerprint density at radius 3 is 0.875 bits per heavy atom. The summed E-state index contributed by atoms with van der Waals surface area (Å²) in [5.41, 5.74) is 0. The summed E-state index contributed by atoms with van der Waals surface area (Å²) in [6.07, 6.45) is 18.5. The van der Waals surface area contributed by atoms with E-state index in [0.717, 1.165) is 13.0 Å². The van der Waals surface area contributed by atoms with Crippen LogP contribution in [0.2, 0.25) is 0 Å². The average molecular weight is 577 g/mol. The van der Waals surface area contributed by atoms with Crippen molar-refractivity contribution in [1.82, 2.24) is 0 Å². The molecule has 0 aromatic rings. The van der Waals surface area contributed by atoms with Gasteiger partial charge in [0.05, 0.1) is 106 Å². The molecule has 0 radical (unpaired) electrons. The minimum absolute atomic E-state index is 0.315. The molecule has 9 heteroatoms. The molecule has 0 saturated heterocycles. The zero-order valence-corrected chi connectivity index (χ0v) is 25.6. The number of terminal acetylenes is 1. The minimum atomic E-state index is 0.315. The second-order valence-electron chi connectivity index (χ2n) is 9.34. The van der Waals surface area contributed by atoms with Crippen molar-refractivity contribution in [2.45, 2.75) is 71.1 Å². The highest BCUT2D eigenvalue weighted by atomic mass is 16.6. The number of hydrogen-bond acceptors (Lipinski definition) is 9. The van der Waals surface area contributed by atoms with E-state index in [2.05, 4.69) is 12.8 Å². The molecular formula is C31H60O9.